The largest absolute Gasteiger partial charge is 0.341 e. The van der Waals surface area contributed by atoms with Gasteiger partial charge < -0.3 is 5.32 Å². The summed E-state index contributed by atoms with van der Waals surface area (Å²) in [5.74, 6) is 1.55. The third-order valence-corrected chi connectivity index (χ3v) is 5.73. The molecule has 1 aliphatic rings. The quantitative estimate of drug-likeness (QED) is 0.638. The Bertz CT molecular complexity index is 933. The normalized spacial score (nSPS) is 15.3. The molecule has 1 atom stereocenters. The summed E-state index contributed by atoms with van der Waals surface area (Å²) in [6, 6.07) is 5.58. The lowest BCUT2D eigenvalue weighted by atomic mass is 10.1. The Hall–Kier alpha value is -2.35. The van der Waals surface area contributed by atoms with E-state index < -0.39 is 0 Å². The monoisotopic (exact) mass is 384 g/mol. The van der Waals surface area contributed by atoms with Gasteiger partial charge in [0.05, 0.1) is 6.04 Å². The highest BCUT2D eigenvalue weighted by Crippen LogP contribution is 2.23. The third-order valence-electron chi connectivity index (χ3n) is 5.09. The summed E-state index contributed by atoms with van der Waals surface area (Å²) in [6.45, 7) is 0. The molecule has 1 aliphatic carbocycles. The predicted molar refractivity (Wildman–Crippen MR) is 106 cm³/mol. The first-order valence-corrected chi connectivity index (χ1v) is 10.8. The van der Waals surface area contributed by atoms with Gasteiger partial charge in [-0.3, -0.25) is 14.3 Å². The van der Waals surface area contributed by atoms with E-state index >= 15 is 0 Å². The number of amides is 1. The minimum Gasteiger partial charge on any atom is -0.341 e. The van der Waals surface area contributed by atoms with E-state index in [4.69, 9.17) is 0 Å². The summed E-state index contributed by atoms with van der Waals surface area (Å²) in [5, 5.41) is 19.2. The number of nitrogens with one attached hydrogen (secondary N) is 2. The Morgan fingerprint density at radius 2 is 2.19 bits per heavy atom. The molecule has 8 heteroatoms. The van der Waals surface area contributed by atoms with Crippen molar-refractivity contribution in [3.63, 3.8) is 0 Å². The van der Waals surface area contributed by atoms with Crippen LogP contribution in [0, 0.1) is 0 Å². The fourth-order valence-corrected chi connectivity index (χ4v) is 4.14. The lowest BCUT2D eigenvalue weighted by Gasteiger charge is -2.17. The Balaban J connectivity index is 1.60. The van der Waals surface area contributed by atoms with Crippen LogP contribution in [0.3, 0.4) is 0 Å². The van der Waals surface area contributed by atoms with Crippen molar-refractivity contribution in [2.75, 3.05) is 12.0 Å². The third kappa shape index (κ3) is 3.71. The van der Waals surface area contributed by atoms with Crippen LogP contribution in [0.15, 0.2) is 24.4 Å². The van der Waals surface area contributed by atoms with E-state index in [1.165, 1.54) is 6.42 Å². The van der Waals surface area contributed by atoms with E-state index in [2.05, 4.69) is 32.0 Å². The van der Waals surface area contributed by atoms with Crippen molar-refractivity contribution in [1.82, 2.24) is 30.1 Å². The van der Waals surface area contributed by atoms with Crippen LogP contribution >= 0.6 is 11.8 Å². The van der Waals surface area contributed by atoms with Gasteiger partial charge in [0.25, 0.3) is 5.91 Å². The molecular formula is C19H24N6OS. The molecule has 3 aromatic heterocycles. The van der Waals surface area contributed by atoms with Crippen LogP contribution in [0.1, 0.15) is 59.3 Å². The van der Waals surface area contributed by atoms with Gasteiger partial charge in [-0.25, -0.2) is 0 Å². The molecule has 3 aromatic rings. The molecule has 0 saturated heterocycles. The second kappa shape index (κ2) is 8.12. The summed E-state index contributed by atoms with van der Waals surface area (Å²) in [7, 11) is 0. The van der Waals surface area contributed by atoms with Crippen molar-refractivity contribution in [1.29, 1.82) is 0 Å². The zero-order valence-electron chi connectivity index (χ0n) is 15.4. The minimum absolute atomic E-state index is 0.131. The fraction of sp³-hybridized carbons (Fsp3) is 0.474. The van der Waals surface area contributed by atoms with Crippen molar-refractivity contribution < 1.29 is 4.79 Å². The van der Waals surface area contributed by atoms with Gasteiger partial charge in [0.1, 0.15) is 0 Å². The fourth-order valence-electron chi connectivity index (χ4n) is 3.67. The highest BCUT2D eigenvalue weighted by Gasteiger charge is 2.25. The molecule has 7 nitrogen and oxygen atoms in total. The molecule has 0 aliphatic heterocycles. The van der Waals surface area contributed by atoms with Crippen LogP contribution in [0.5, 0.6) is 0 Å². The smallest absolute Gasteiger partial charge is 0.272 e. The molecule has 0 unspecified atom stereocenters. The van der Waals surface area contributed by atoms with Gasteiger partial charge in [0, 0.05) is 17.5 Å². The number of aryl methyl sites for hydroxylation is 1. The molecule has 0 spiro atoms. The number of hydrogen-bond acceptors (Lipinski definition) is 5. The van der Waals surface area contributed by atoms with Gasteiger partial charge in [0.2, 0.25) is 0 Å². The van der Waals surface area contributed by atoms with Gasteiger partial charge in [-0.15, -0.1) is 10.2 Å². The number of hydrogen-bond donors (Lipinski definition) is 2. The zero-order chi connectivity index (χ0) is 18.6. The average Bonchev–Trinajstić information content (AvgIpc) is 3.22. The summed E-state index contributed by atoms with van der Waals surface area (Å²) in [5.41, 5.74) is 3.52. The van der Waals surface area contributed by atoms with Crippen LogP contribution in [-0.2, 0) is 12.8 Å². The summed E-state index contributed by atoms with van der Waals surface area (Å²) >= 11 is 1.75. The number of nitrogens with zero attached hydrogens (tertiary/aromatic N) is 4. The first-order chi connectivity index (χ1) is 13.3. The summed E-state index contributed by atoms with van der Waals surface area (Å²) in [4.78, 5) is 13.0. The highest BCUT2D eigenvalue weighted by molar-refractivity contribution is 7.98. The average molecular weight is 385 g/mol. The van der Waals surface area contributed by atoms with E-state index in [1.54, 1.807) is 11.8 Å². The first kappa shape index (κ1) is 18.0. The van der Waals surface area contributed by atoms with Crippen molar-refractivity contribution in [3.05, 3.63) is 47.2 Å². The maximum absolute atomic E-state index is 13.0. The molecule has 3 heterocycles. The molecule has 2 N–H and O–H groups in total. The summed E-state index contributed by atoms with van der Waals surface area (Å²) < 4.78 is 1.94. The van der Waals surface area contributed by atoms with Crippen LogP contribution in [0.2, 0.25) is 0 Å². The van der Waals surface area contributed by atoms with E-state index in [-0.39, 0.29) is 11.9 Å². The Labute approximate surface area is 162 Å². The van der Waals surface area contributed by atoms with Crippen LogP contribution < -0.4 is 5.32 Å². The number of thioether (sulfide) groups is 1. The molecule has 0 radical (unpaired) electrons. The summed E-state index contributed by atoms with van der Waals surface area (Å²) in [6.07, 6.45) is 10.1. The molecule has 4 rings (SSSR count). The van der Waals surface area contributed by atoms with Gasteiger partial charge in [-0.2, -0.15) is 16.9 Å². The number of pyridine rings is 1. The minimum atomic E-state index is -0.208. The van der Waals surface area contributed by atoms with E-state index in [9.17, 15) is 4.79 Å². The lowest BCUT2D eigenvalue weighted by molar-refractivity contribution is 0.0927. The van der Waals surface area contributed by atoms with Crippen molar-refractivity contribution in [3.8, 4) is 0 Å². The van der Waals surface area contributed by atoms with Crippen molar-refractivity contribution in [2.45, 2.75) is 44.6 Å². The van der Waals surface area contributed by atoms with E-state index in [1.807, 2.05) is 28.8 Å². The standard InChI is InChI=1S/C19H24N6OS/c1-27-12-10-15(18-24-22-16-9-5-6-11-25(16)18)20-19(26)17-13-7-3-2-4-8-14(13)21-23-17/h5-6,9,11,15H,2-4,7-8,10,12H2,1H3,(H,20,26)(H,21,23)/t15-/m1/s1. The van der Waals surface area contributed by atoms with Crippen molar-refractivity contribution in [2.24, 2.45) is 0 Å². The van der Waals surface area contributed by atoms with Crippen LogP contribution in [0.4, 0.5) is 0 Å². The molecule has 0 fully saturated rings. The molecule has 27 heavy (non-hydrogen) atoms. The number of aromatic amines is 1. The number of rotatable bonds is 6. The van der Waals surface area contributed by atoms with Crippen LogP contribution in [0.25, 0.3) is 5.65 Å². The van der Waals surface area contributed by atoms with Gasteiger partial charge in [0.15, 0.2) is 17.2 Å². The topological polar surface area (TPSA) is 88.0 Å². The number of aromatic nitrogens is 5. The van der Waals surface area contributed by atoms with Crippen LogP contribution in [-0.4, -0.2) is 42.7 Å². The number of carbonyl (C=O) groups is 1. The SMILES string of the molecule is CSCC[C@@H](NC(=O)c1n[nH]c2c1CCCCC2)c1nnc2ccccn12. The molecule has 0 saturated carbocycles. The lowest BCUT2D eigenvalue weighted by Crippen LogP contribution is -2.31. The second-order valence-corrected chi connectivity index (χ2v) is 7.87. The zero-order valence-corrected chi connectivity index (χ0v) is 16.3. The van der Waals surface area contributed by atoms with Crippen molar-refractivity contribution >= 4 is 23.3 Å². The highest BCUT2D eigenvalue weighted by atomic mass is 32.2. The van der Waals surface area contributed by atoms with Gasteiger partial charge in [-0.1, -0.05) is 12.5 Å². The number of carbonyl (C=O) groups excluding carboxylic acids is 1. The molecule has 0 bridgehead atoms. The molecule has 142 valence electrons. The van der Waals surface area contributed by atoms with Gasteiger partial charge >= 0.3 is 0 Å². The number of H-pyrrole nitrogens is 1. The Morgan fingerprint density at radius 3 is 3.07 bits per heavy atom. The second-order valence-electron chi connectivity index (χ2n) is 6.88. The van der Waals surface area contributed by atoms with E-state index in [0.29, 0.717) is 5.69 Å². The Morgan fingerprint density at radius 1 is 1.30 bits per heavy atom. The predicted octanol–water partition coefficient (Wildman–Crippen LogP) is 2.95. The molecule has 0 aromatic carbocycles. The first-order valence-electron chi connectivity index (χ1n) is 9.43. The molecular weight excluding hydrogens is 360 g/mol. The molecule has 1 amide bonds. The maximum atomic E-state index is 13.0. The maximum Gasteiger partial charge on any atom is 0.272 e. The number of fused-ring (bicyclic) bond motifs is 2. The van der Waals surface area contributed by atoms with Gasteiger partial charge in [-0.05, 0) is 56.2 Å². The Kier molecular flexibility index (Phi) is 5.42. The van der Waals surface area contributed by atoms with E-state index in [0.717, 1.165) is 60.6 Å².